The van der Waals surface area contributed by atoms with E-state index >= 15 is 0 Å². The summed E-state index contributed by atoms with van der Waals surface area (Å²) in [6.07, 6.45) is 5.69. The van der Waals surface area contributed by atoms with Crippen molar-refractivity contribution in [3.05, 3.63) is 33.8 Å². The van der Waals surface area contributed by atoms with Gasteiger partial charge in [-0.25, -0.2) is 4.79 Å². The van der Waals surface area contributed by atoms with Gasteiger partial charge >= 0.3 is 6.09 Å². The van der Waals surface area contributed by atoms with Crippen molar-refractivity contribution >= 4 is 35.2 Å². The standard InChI is InChI=1S/C31H47Cl2N3O3.CH4/c1-30(2,3)27-20-35(26(17-21-7-8-21)23-9-10-24(32)25(33)19-23)15-16-36(27)28(37)18-22-11-13-34(14-12-22)29(38)39-31(4,5)6;/h9-10,19,21-22,26-27H,7-8,11-18,20H2,1-6H3;1H4/t26?,27-;/m1./s1. The molecule has 0 radical (unpaired) electrons. The minimum Gasteiger partial charge on any atom is -0.444 e. The summed E-state index contributed by atoms with van der Waals surface area (Å²) in [6.45, 7) is 16.1. The van der Waals surface area contributed by atoms with Crippen molar-refractivity contribution < 1.29 is 14.3 Å². The first kappa shape index (κ1) is 33.0. The van der Waals surface area contributed by atoms with Gasteiger partial charge in [-0.2, -0.15) is 0 Å². The SMILES string of the molecule is C.CC(C)(C)OC(=O)N1CCC(CC(=O)N2CCN(C(CC3CC3)c3ccc(Cl)c(Cl)c3)C[C@@H]2C(C)(C)C)CC1. The van der Waals surface area contributed by atoms with Gasteiger partial charge in [0.25, 0.3) is 0 Å². The van der Waals surface area contributed by atoms with Crippen LogP contribution in [-0.4, -0.2) is 71.1 Å². The van der Waals surface area contributed by atoms with E-state index in [9.17, 15) is 9.59 Å². The first-order valence-electron chi connectivity index (χ1n) is 14.7. The third-order valence-electron chi connectivity index (χ3n) is 8.48. The van der Waals surface area contributed by atoms with Gasteiger partial charge in [-0.3, -0.25) is 9.69 Å². The third-order valence-corrected chi connectivity index (χ3v) is 9.22. The number of hydrogen-bond acceptors (Lipinski definition) is 4. The second-order valence-corrected chi connectivity index (χ2v) is 14.8. The highest BCUT2D eigenvalue weighted by molar-refractivity contribution is 6.42. The van der Waals surface area contributed by atoms with E-state index in [0.29, 0.717) is 35.5 Å². The summed E-state index contributed by atoms with van der Waals surface area (Å²) in [6, 6.07) is 6.48. The van der Waals surface area contributed by atoms with Crippen molar-refractivity contribution in [1.29, 1.82) is 0 Å². The predicted molar refractivity (Wildman–Crippen MR) is 165 cm³/mol. The Kier molecular flexibility index (Phi) is 10.9. The van der Waals surface area contributed by atoms with Crippen LogP contribution in [-0.2, 0) is 9.53 Å². The first-order valence-corrected chi connectivity index (χ1v) is 15.4. The van der Waals surface area contributed by atoms with E-state index in [-0.39, 0.29) is 36.9 Å². The van der Waals surface area contributed by atoms with Gasteiger partial charge in [0.15, 0.2) is 0 Å². The van der Waals surface area contributed by atoms with Crippen LogP contribution in [0.25, 0.3) is 0 Å². The van der Waals surface area contributed by atoms with E-state index < -0.39 is 5.60 Å². The van der Waals surface area contributed by atoms with E-state index in [1.165, 1.54) is 18.4 Å². The molecule has 2 heterocycles. The molecule has 0 aromatic heterocycles. The molecule has 0 spiro atoms. The molecule has 3 aliphatic rings. The molecular formula is C32H51Cl2N3O3. The minimum absolute atomic E-state index is 0. The van der Waals surface area contributed by atoms with Gasteiger partial charge in [-0.05, 0) is 75.0 Å². The number of nitrogens with zero attached hydrogens (tertiary/aromatic N) is 3. The zero-order chi connectivity index (χ0) is 28.5. The molecule has 0 N–H and O–H groups in total. The van der Waals surface area contributed by atoms with Gasteiger partial charge in [0, 0.05) is 51.2 Å². The number of carbonyl (C=O) groups is 2. The lowest BCUT2D eigenvalue weighted by Crippen LogP contribution is -2.60. The number of halogens is 2. The van der Waals surface area contributed by atoms with E-state index in [4.69, 9.17) is 27.9 Å². The van der Waals surface area contributed by atoms with Crippen molar-refractivity contribution in [3.63, 3.8) is 0 Å². The smallest absolute Gasteiger partial charge is 0.410 e. The summed E-state index contributed by atoms with van der Waals surface area (Å²) in [5, 5.41) is 1.19. The molecule has 6 nitrogen and oxygen atoms in total. The number of hydrogen-bond donors (Lipinski definition) is 0. The van der Waals surface area contributed by atoms with Gasteiger partial charge in [0.05, 0.1) is 10.0 Å². The molecule has 4 rings (SSSR count). The molecule has 3 fully saturated rings. The lowest BCUT2D eigenvalue weighted by atomic mass is 9.82. The van der Waals surface area contributed by atoms with Crippen LogP contribution in [0.5, 0.6) is 0 Å². The molecular weight excluding hydrogens is 545 g/mol. The predicted octanol–water partition coefficient (Wildman–Crippen LogP) is 8.07. The average Bonchev–Trinajstić information content (AvgIpc) is 3.67. The van der Waals surface area contributed by atoms with Crippen molar-refractivity contribution in [3.8, 4) is 0 Å². The highest BCUT2D eigenvalue weighted by Crippen LogP contribution is 2.43. The summed E-state index contributed by atoms with van der Waals surface area (Å²) < 4.78 is 5.53. The zero-order valence-electron chi connectivity index (χ0n) is 24.6. The Bertz CT molecular complexity index is 1020. The summed E-state index contributed by atoms with van der Waals surface area (Å²) in [5.41, 5.74) is 0.683. The zero-order valence-corrected chi connectivity index (χ0v) is 26.2. The Labute approximate surface area is 252 Å². The van der Waals surface area contributed by atoms with Crippen LogP contribution in [0.15, 0.2) is 18.2 Å². The molecule has 8 heteroatoms. The highest BCUT2D eigenvalue weighted by atomic mass is 35.5. The normalized spacial score (nSPS) is 22.1. The second kappa shape index (κ2) is 13.2. The van der Waals surface area contributed by atoms with Gasteiger partial charge < -0.3 is 14.5 Å². The molecule has 1 aromatic rings. The Morgan fingerprint density at radius 2 is 1.57 bits per heavy atom. The number of piperazine rings is 1. The monoisotopic (exact) mass is 595 g/mol. The van der Waals surface area contributed by atoms with Crippen LogP contribution in [0.3, 0.4) is 0 Å². The Morgan fingerprint density at radius 3 is 2.12 bits per heavy atom. The molecule has 2 aliphatic heterocycles. The summed E-state index contributed by atoms with van der Waals surface area (Å²) >= 11 is 12.7. The van der Waals surface area contributed by atoms with Crippen molar-refractivity contribution in [2.75, 3.05) is 32.7 Å². The number of benzene rings is 1. The van der Waals surface area contributed by atoms with Crippen molar-refractivity contribution in [1.82, 2.24) is 14.7 Å². The number of rotatable bonds is 6. The molecule has 226 valence electrons. The lowest BCUT2D eigenvalue weighted by molar-refractivity contribution is -0.141. The molecule has 2 saturated heterocycles. The summed E-state index contributed by atoms with van der Waals surface area (Å²) in [5.74, 6) is 1.32. The van der Waals surface area contributed by atoms with Gasteiger partial charge in [0.2, 0.25) is 5.91 Å². The minimum atomic E-state index is -0.495. The van der Waals surface area contributed by atoms with Gasteiger partial charge in [-0.15, -0.1) is 0 Å². The number of piperidine rings is 1. The Balaban J connectivity index is 0.00000441. The molecule has 40 heavy (non-hydrogen) atoms. The van der Waals surface area contributed by atoms with E-state index in [0.717, 1.165) is 44.8 Å². The molecule has 2 atom stereocenters. The maximum Gasteiger partial charge on any atom is 0.410 e. The van der Waals surface area contributed by atoms with E-state index in [1.54, 1.807) is 4.90 Å². The second-order valence-electron chi connectivity index (χ2n) is 13.9. The average molecular weight is 597 g/mol. The van der Waals surface area contributed by atoms with Crippen LogP contribution >= 0.6 is 23.2 Å². The van der Waals surface area contributed by atoms with Crippen molar-refractivity contribution in [2.45, 2.75) is 105 Å². The van der Waals surface area contributed by atoms with Crippen LogP contribution in [0.2, 0.25) is 10.0 Å². The maximum absolute atomic E-state index is 13.7. The molecule has 1 aromatic carbocycles. The van der Waals surface area contributed by atoms with Gasteiger partial charge in [0.1, 0.15) is 5.60 Å². The largest absolute Gasteiger partial charge is 0.444 e. The summed E-state index contributed by atoms with van der Waals surface area (Å²) in [4.78, 5) is 32.7. The third kappa shape index (κ3) is 8.75. The van der Waals surface area contributed by atoms with Crippen molar-refractivity contribution in [2.24, 2.45) is 17.3 Å². The maximum atomic E-state index is 13.7. The fourth-order valence-corrected chi connectivity index (χ4v) is 6.33. The molecule has 1 aliphatic carbocycles. The number of likely N-dealkylation sites (tertiary alicyclic amines) is 1. The fraction of sp³-hybridized carbons (Fsp3) is 0.750. The molecule has 1 unspecified atom stereocenters. The quantitative estimate of drug-likeness (QED) is 0.333. The van der Waals surface area contributed by atoms with Gasteiger partial charge in [-0.1, -0.05) is 70.3 Å². The van der Waals surface area contributed by atoms with Crippen LogP contribution in [0.4, 0.5) is 4.79 Å². The summed E-state index contributed by atoms with van der Waals surface area (Å²) in [7, 11) is 0. The Hall–Kier alpha value is -1.50. The molecule has 2 amide bonds. The van der Waals surface area contributed by atoms with Crippen LogP contribution in [0.1, 0.15) is 99.1 Å². The first-order chi connectivity index (χ1) is 18.2. The topological polar surface area (TPSA) is 53.1 Å². The number of amides is 2. The number of ether oxygens (including phenoxy) is 1. The van der Waals surface area contributed by atoms with Crippen LogP contribution < -0.4 is 0 Å². The van der Waals surface area contributed by atoms with E-state index in [1.807, 2.05) is 32.9 Å². The fourth-order valence-electron chi connectivity index (χ4n) is 6.02. The molecule has 0 bridgehead atoms. The molecule has 1 saturated carbocycles. The van der Waals surface area contributed by atoms with Crippen LogP contribution in [0, 0.1) is 17.3 Å². The van der Waals surface area contributed by atoms with E-state index in [2.05, 4.69) is 36.6 Å². The number of carbonyl (C=O) groups excluding carboxylic acids is 2. The highest BCUT2D eigenvalue weighted by Gasteiger charge is 2.41. The lowest BCUT2D eigenvalue weighted by Gasteiger charge is -2.50. The Morgan fingerprint density at radius 1 is 0.925 bits per heavy atom.